The molecule has 1 aromatic rings. The zero-order valence-corrected chi connectivity index (χ0v) is 14.3. The van der Waals surface area contributed by atoms with Crippen LogP contribution in [0, 0.1) is 18.3 Å². The fourth-order valence-electron chi connectivity index (χ4n) is 4.21. The summed E-state index contributed by atoms with van der Waals surface area (Å²) in [5.74, 6) is 1.70. The number of hydrogen-bond acceptors (Lipinski definition) is 3. The summed E-state index contributed by atoms with van der Waals surface area (Å²) in [4.78, 5) is 12.8. The van der Waals surface area contributed by atoms with Gasteiger partial charge >= 0.3 is 0 Å². The fraction of sp³-hybridized carbons (Fsp3) is 0.632. The van der Waals surface area contributed by atoms with Gasteiger partial charge in [0.15, 0.2) is 0 Å². The van der Waals surface area contributed by atoms with Gasteiger partial charge in [0, 0.05) is 13.1 Å². The lowest BCUT2D eigenvalue weighted by atomic mass is 9.67. The molecule has 0 bridgehead atoms. The molecular formula is C19H28N2O2. The molecule has 4 nitrogen and oxygen atoms in total. The van der Waals surface area contributed by atoms with Crippen molar-refractivity contribution in [2.45, 2.75) is 39.0 Å². The maximum absolute atomic E-state index is 12.8. The van der Waals surface area contributed by atoms with Gasteiger partial charge in [-0.05, 0) is 55.8 Å². The van der Waals surface area contributed by atoms with Crippen molar-refractivity contribution in [1.82, 2.24) is 10.6 Å². The molecule has 3 rings (SSSR count). The Bertz CT molecular complexity index is 572. The third-order valence-electron chi connectivity index (χ3n) is 5.66. The van der Waals surface area contributed by atoms with Gasteiger partial charge in [-0.25, -0.2) is 0 Å². The molecule has 1 amide bonds. The lowest BCUT2D eigenvalue weighted by Crippen LogP contribution is -2.48. The molecule has 0 unspecified atom stereocenters. The van der Waals surface area contributed by atoms with E-state index in [1.807, 2.05) is 6.92 Å². The molecule has 2 aliphatic rings. The predicted octanol–water partition coefficient (Wildman–Crippen LogP) is 2.44. The third-order valence-corrected chi connectivity index (χ3v) is 5.66. The molecule has 2 atom stereocenters. The van der Waals surface area contributed by atoms with Crippen LogP contribution in [0.25, 0.3) is 0 Å². The van der Waals surface area contributed by atoms with Gasteiger partial charge in [-0.15, -0.1) is 0 Å². The van der Waals surface area contributed by atoms with E-state index in [1.165, 1.54) is 24.8 Å². The topological polar surface area (TPSA) is 50.4 Å². The molecule has 2 N–H and O–H groups in total. The second-order valence-corrected chi connectivity index (χ2v) is 7.04. The number of amides is 1. The van der Waals surface area contributed by atoms with Gasteiger partial charge in [0.25, 0.3) is 0 Å². The van der Waals surface area contributed by atoms with Crippen LogP contribution in [0.1, 0.15) is 36.8 Å². The standard InChI is InChI=1S/C19H28N2O2/c1-14-6-7-15(11-17(14)23-2)8-10-21-18(22)19-9-4-3-5-16(19)12-20-13-19/h6-7,11,16,20H,3-5,8-10,12-13H2,1-2H3,(H,21,22)/t16-,19+/m0/s1. The van der Waals surface area contributed by atoms with Crippen molar-refractivity contribution in [3.05, 3.63) is 29.3 Å². The second kappa shape index (κ2) is 6.91. The van der Waals surface area contributed by atoms with Crippen LogP contribution in [0.2, 0.25) is 0 Å². The van der Waals surface area contributed by atoms with E-state index in [0.717, 1.165) is 37.2 Å². The molecule has 1 saturated heterocycles. The van der Waals surface area contributed by atoms with Gasteiger partial charge in [-0.1, -0.05) is 25.0 Å². The van der Waals surface area contributed by atoms with E-state index < -0.39 is 0 Å². The molecule has 1 aliphatic carbocycles. The number of hydrogen-bond donors (Lipinski definition) is 2. The molecule has 1 aliphatic heterocycles. The normalized spacial score (nSPS) is 26.6. The lowest BCUT2D eigenvalue weighted by molar-refractivity contribution is -0.133. The SMILES string of the molecule is COc1cc(CCNC(=O)[C@@]23CCCC[C@H]2CNC3)ccc1C. The van der Waals surface area contributed by atoms with Gasteiger partial charge in [-0.2, -0.15) is 0 Å². The lowest BCUT2D eigenvalue weighted by Gasteiger charge is -2.37. The summed E-state index contributed by atoms with van der Waals surface area (Å²) in [5, 5.41) is 6.63. The van der Waals surface area contributed by atoms with Crippen molar-refractivity contribution >= 4 is 5.91 Å². The van der Waals surface area contributed by atoms with Crippen molar-refractivity contribution in [2.24, 2.45) is 11.3 Å². The summed E-state index contributed by atoms with van der Waals surface area (Å²) in [5.41, 5.74) is 2.19. The molecule has 23 heavy (non-hydrogen) atoms. The number of carbonyl (C=O) groups excluding carboxylic acids is 1. The second-order valence-electron chi connectivity index (χ2n) is 7.04. The molecule has 1 saturated carbocycles. The largest absolute Gasteiger partial charge is 0.496 e. The van der Waals surface area contributed by atoms with Crippen LogP contribution in [-0.2, 0) is 11.2 Å². The van der Waals surface area contributed by atoms with Gasteiger partial charge in [0.1, 0.15) is 5.75 Å². The Balaban J connectivity index is 1.57. The number of carbonyl (C=O) groups is 1. The average molecular weight is 316 g/mol. The van der Waals surface area contributed by atoms with Crippen LogP contribution >= 0.6 is 0 Å². The Hall–Kier alpha value is -1.55. The van der Waals surface area contributed by atoms with E-state index in [-0.39, 0.29) is 11.3 Å². The number of nitrogens with one attached hydrogen (secondary N) is 2. The minimum atomic E-state index is -0.150. The molecule has 1 heterocycles. The Morgan fingerprint density at radius 1 is 1.43 bits per heavy atom. The van der Waals surface area contributed by atoms with Crippen molar-refractivity contribution in [1.29, 1.82) is 0 Å². The molecule has 0 spiro atoms. The van der Waals surface area contributed by atoms with Crippen LogP contribution in [0.5, 0.6) is 5.75 Å². The molecule has 4 heteroatoms. The van der Waals surface area contributed by atoms with Crippen LogP contribution in [-0.4, -0.2) is 32.7 Å². The molecule has 2 fully saturated rings. The highest BCUT2D eigenvalue weighted by molar-refractivity contribution is 5.83. The van der Waals surface area contributed by atoms with Gasteiger partial charge in [0.05, 0.1) is 12.5 Å². The van der Waals surface area contributed by atoms with Crippen molar-refractivity contribution < 1.29 is 9.53 Å². The highest BCUT2D eigenvalue weighted by Crippen LogP contribution is 2.43. The van der Waals surface area contributed by atoms with E-state index in [2.05, 4.69) is 28.8 Å². The molecular weight excluding hydrogens is 288 g/mol. The molecule has 1 aromatic carbocycles. The zero-order valence-electron chi connectivity index (χ0n) is 14.3. The first kappa shape index (κ1) is 16.3. The quantitative estimate of drug-likeness (QED) is 0.877. The minimum absolute atomic E-state index is 0.150. The molecule has 126 valence electrons. The van der Waals surface area contributed by atoms with Crippen molar-refractivity contribution in [3.63, 3.8) is 0 Å². The minimum Gasteiger partial charge on any atom is -0.496 e. The first-order chi connectivity index (χ1) is 11.2. The first-order valence-corrected chi connectivity index (χ1v) is 8.78. The summed E-state index contributed by atoms with van der Waals surface area (Å²) < 4.78 is 5.37. The van der Waals surface area contributed by atoms with E-state index in [4.69, 9.17) is 4.74 Å². The number of aryl methyl sites for hydroxylation is 1. The van der Waals surface area contributed by atoms with E-state index in [0.29, 0.717) is 12.5 Å². The maximum Gasteiger partial charge on any atom is 0.227 e. The van der Waals surface area contributed by atoms with Crippen LogP contribution < -0.4 is 15.4 Å². The molecule has 0 radical (unpaired) electrons. The van der Waals surface area contributed by atoms with Crippen molar-refractivity contribution in [3.8, 4) is 5.75 Å². The number of ether oxygens (including phenoxy) is 1. The highest BCUT2D eigenvalue weighted by Gasteiger charge is 2.49. The van der Waals surface area contributed by atoms with Gasteiger partial charge < -0.3 is 15.4 Å². The predicted molar refractivity (Wildman–Crippen MR) is 91.7 cm³/mol. The zero-order chi connectivity index (χ0) is 16.3. The Morgan fingerprint density at radius 2 is 2.30 bits per heavy atom. The third kappa shape index (κ3) is 3.23. The first-order valence-electron chi connectivity index (χ1n) is 8.78. The van der Waals surface area contributed by atoms with E-state index in [1.54, 1.807) is 7.11 Å². The monoisotopic (exact) mass is 316 g/mol. The van der Waals surface area contributed by atoms with E-state index >= 15 is 0 Å². The van der Waals surface area contributed by atoms with Gasteiger partial charge in [0.2, 0.25) is 5.91 Å². The smallest absolute Gasteiger partial charge is 0.227 e. The Morgan fingerprint density at radius 3 is 3.13 bits per heavy atom. The Labute approximate surface area is 139 Å². The van der Waals surface area contributed by atoms with E-state index in [9.17, 15) is 4.79 Å². The fourth-order valence-corrected chi connectivity index (χ4v) is 4.21. The van der Waals surface area contributed by atoms with Gasteiger partial charge in [-0.3, -0.25) is 4.79 Å². The van der Waals surface area contributed by atoms with Crippen LogP contribution in [0.4, 0.5) is 0 Å². The summed E-state index contributed by atoms with van der Waals surface area (Å²) in [6, 6.07) is 6.26. The van der Waals surface area contributed by atoms with Crippen LogP contribution in [0.15, 0.2) is 18.2 Å². The average Bonchev–Trinajstić information content (AvgIpc) is 3.01. The Kier molecular flexibility index (Phi) is 4.90. The summed E-state index contributed by atoms with van der Waals surface area (Å²) in [7, 11) is 1.70. The number of fused-ring (bicyclic) bond motifs is 1. The molecule has 0 aromatic heterocycles. The summed E-state index contributed by atoms with van der Waals surface area (Å²) in [6.07, 6.45) is 5.52. The maximum atomic E-state index is 12.8. The van der Waals surface area contributed by atoms with Crippen LogP contribution in [0.3, 0.4) is 0 Å². The highest BCUT2D eigenvalue weighted by atomic mass is 16.5. The summed E-state index contributed by atoms with van der Waals surface area (Å²) in [6.45, 7) is 4.59. The number of rotatable bonds is 5. The number of benzene rings is 1. The van der Waals surface area contributed by atoms with Crippen molar-refractivity contribution in [2.75, 3.05) is 26.7 Å². The number of methoxy groups -OCH3 is 1. The summed E-state index contributed by atoms with van der Waals surface area (Å²) >= 11 is 0.